The summed E-state index contributed by atoms with van der Waals surface area (Å²) in [6.45, 7) is 2.05. The van der Waals surface area contributed by atoms with Gasteiger partial charge in [0.15, 0.2) is 0 Å². The number of nitrogens with zero attached hydrogens (tertiary/aromatic N) is 1. The van der Waals surface area contributed by atoms with Crippen LogP contribution in [0.25, 0.3) is 0 Å². The largest absolute Gasteiger partial charge is 0.351 e. The van der Waals surface area contributed by atoms with Crippen LogP contribution in [0, 0.1) is 0 Å². The predicted octanol–water partition coefficient (Wildman–Crippen LogP) is 0.740. The Labute approximate surface area is 143 Å². The molecule has 128 valence electrons. The van der Waals surface area contributed by atoms with Gasteiger partial charge in [-0.1, -0.05) is 18.2 Å². The second-order valence-corrected chi connectivity index (χ2v) is 7.68. The quantitative estimate of drug-likeness (QED) is 0.831. The molecule has 0 saturated carbocycles. The van der Waals surface area contributed by atoms with Crippen LogP contribution in [0.1, 0.15) is 19.3 Å². The Bertz CT molecular complexity index is 633. The van der Waals surface area contributed by atoms with E-state index in [1.807, 2.05) is 0 Å². The lowest BCUT2D eigenvalue weighted by molar-refractivity contribution is -0.124. The summed E-state index contributed by atoms with van der Waals surface area (Å²) in [6.07, 6.45) is 2.19. The molecule has 0 aromatic heterocycles. The zero-order valence-corrected chi connectivity index (χ0v) is 14.4. The molecule has 1 aromatic carbocycles. The van der Waals surface area contributed by atoms with Gasteiger partial charge in [-0.2, -0.15) is 4.31 Å². The minimum Gasteiger partial charge on any atom is -0.351 e. The number of halogens is 1. The second kappa shape index (κ2) is 7.61. The number of benzene rings is 1. The Kier molecular flexibility index (Phi) is 6.02. The van der Waals surface area contributed by atoms with Gasteiger partial charge in [-0.15, -0.1) is 12.4 Å². The number of rotatable bonds is 4. The van der Waals surface area contributed by atoms with Crippen LogP contribution in [0.3, 0.4) is 0 Å². The normalized spacial score (nSPS) is 25.0. The second-order valence-electron chi connectivity index (χ2n) is 5.79. The molecule has 2 fully saturated rings. The van der Waals surface area contributed by atoms with E-state index in [9.17, 15) is 13.2 Å². The summed E-state index contributed by atoms with van der Waals surface area (Å²) in [7, 11) is -3.61. The van der Waals surface area contributed by atoms with Crippen LogP contribution in [0.2, 0.25) is 0 Å². The highest BCUT2D eigenvalue weighted by molar-refractivity contribution is 7.89. The average Bonchev–Trinajstić information content (AvgIpc) is 3.19. The third kappa shape index (κ3) is 3.85. The molecule has 2 aliphatic rings. The summed E-state index contributed by atoms with van der Waals surface area (Å²) in [5.41, 5.74) is 0. The molecule has 0 aliphatic carbocycles. The van der Waals surface area contributed by atoms with Crippen LogP contribution < -0.4 is 10.6 Å². The Morgan fingerprint density at radius 1 is 1.22 bits per heavy atom. The van der Waals surface area contributed by atoms with Gasteiger partial charge in [0.25, 0.3) is 0 Å². The maximum atomic E-state index is 12.7. The van der Waals surface area contributed by atoms with Crippen LogP contribution in [0.15, 0.2) is 35.2 Å². The highest BCUT2D eigenvalue weighted by Crippen LogP contribution is 2.26. The van der Waals surface area contributed by atoms with E-state index in [4.69, 9.17) is 0 Å². The smallest absolute Gasteiger partial charge is 0.243 e. The third-order valence-electron chi connectivity index (χ3n) is 4.26. The van der Waals surface area contributed by atoms with Gasteiger partial charge in [0.2, 0.25) is 15.9 Å². The van der Waals surface area contributed by atoms with Gasteiger partial charge in [-0.05, 0) is 37.9 Å². The molecular weight excluding hydrogens is 338 g/mol. The molecule has 2 atom stereocenters. The van der Waals surface area contributed by atoms with E-state index in [-0.39, 0.29) is 29.3 Å². The summed E-state index contributed by atoms with van der Waals surface area (Å²) >= 11 is 0. The molecule has 2 unspecified atom stereocenters. The molecule has 1 aromatic rings. The highest BCUT2D eigenvalue weighted by Gasteiger charge is 2.39. The first-order chi connectivity index (χ1) is 10.6. The first-order valence-electron chi connectivity index (χ1n) is 7.67. The van der Waals surface area contributed by atoms with E-state index >= 15 is 0 Å². The first kappa shape index (κ1) is 18.2. The van der Waals surface area contributed by atoms with Crippen molar-refractivity contribution in [3.05, 3.63) is 30.3 Å². The first-order valence-corrected chi connectivity index (χ1v) is 9.11. The van der Waals surface area contributed by atoms with Crippen molar-refractivity contribution in [2.75, 3.05) is 19.6 Å². The van der Waals surface area contributed by atoms with Crippen molar-refractivity contribution < 1.29 is 13.2 Å². The van der Waals surface area contributed by atoms with Gasteiger partial charge >= 0.3 is 0 Å². The summed E-state index contributed by atoms with van der Waals surface area (Å²) in [5, 5.41) is 6.16. The van der Waals surface area contributed by atoms with E-state index in [1.165, 1.54) is 4.31 Å². The zero-order valence-electron chi connectivity index (χ0n) is 12.8. The van der Waals surface area contributed by atoms with Crippen molar-refractivity contribution in [3.8, 4) is 0 Å². The molecule has 8 heteroatoms. The molecule has 2 aliphatic heterocycles. The highest BCUT2D eigenvalue weighted by atomic mass is 35.5. The molecule has 0 bridgehead atoms. The molecule has 2 heterocycles. The van der Waals surface area contributed by atoms with Crippen molar-refractivity contribution in [1.82, 2.24) is 14.9 Å². The number of hydrogen-bond acceptors (Lipinski definition) is 4. The van der Waals surface area contributed by atoms with Crippen LogP contribution in [-0.2, 0) is 14.8 Å². The maximum absolute atomic E-state index is 12.7. The summed E-state index contributed by atoms with van der Waals surface area (Å²) in [5.74, 6) is -0.175. The SMILES string of the molecule is Cl.O=C(NC1CCNC1)C1CCCN1S(=O)(=O)c1ccccc1. The average molecular weight is 360 g/mol. The minimum atomic E-state index is -3.61. The van der Waals surface area contributed by atoms with Gasteiger partial charge in [0.05, 0.1) is 4.90 Å². The van der Waals surface area contributed by atoms with Crippen LogP contribution >= 0.6 is 12.4 Å². The van der Waals surface area contributed by atoms with Gasteiger partial charge in [0.1, 0.15) is 6.04 Å². The zero-order chi connectivity index (χ0) is 15.6. The molecule has 1 amide bonds. The maximum Gasteiger partial charge on any atom is 0.243 e. The van der Waals surface area contributed by atoms with Crippen molar-refractivity contribution in [1.29, 1.82) is 0 Å². The van der Waals surface area contributed by atoms with Crippen molar-refractivity contribution in [2.45, 2.75) is 36.2 Å². The van der Waals surface area contributed by atoms with Gasteiger partial charge in [0, 0.05) is 19.1 Å². The van der Waals surface area contributed by atoms with Gasteiger partial charge in [-0.3, -0.25) is 4.79 Å². The number of carbonyl (C=O) groups is 1. The molecule has 3 rings (SSSR count). The van der Waals surface area contributed by atoms with Crippen molar-refractivity contribution in [3.63, 3.8) is 0 Å². The fraction of sp³-hybridized carbons (Fsp3) is 0.533. The number of sulfonamides is 1. The predicted molar refractivity (Wildman–Crippen MR) is 90.0 cm³/mol. The van der Waals surface area contributed by atoms with Crippen molar-refractivity contribution in [2.24, 2.45) is 0 Å². The molecule has 23 heavy (non-hydrogen) atoms. The van der Waals surface area contributed by atoms with E-state index in [0.29, 0.717) is 19.4 Å². The molecule has 6 nitrogen and oxygen atoms in total. The van der Waals surface area contributed by atoms with Crippen LogP contribution in [0.4, 0.5) is 0 Å². The summed E-state index contributed by atoms with van der Waals surface area (Å²) < 4.78 is 26.8. The molecule has 2 N–H and O–H groups in total. The van der Waals surface area contributed by atoms with E-state index in [2.05, 4.69) is 10.6 Å². The number of hydrogen-bond donors (Lipinski definition) is 2. The standard InChI is InChI=1S/C15H21N3O3S.ClH/c19-15(17-12-8-9-16-11-12)14-7-4-10-18(14)22(20,21)13-5-2-1-3-6-13;/h1-3,5-6,12,14,16H,4,7-11H2,(H,17,19);1H. The topological polar surface area (TPSA) is 78.5 Å². The van der Waals surface area contributed by atoms with E-state index in [1.54, 1.807) is 30.3 Å². The lowest BCUT2D eigenvalue weighted by atomic mass is 10.2. The number of amides is 1. The lowest BCUT2D eigenvalue weighted by Gasteiger charge is -2.24. The fourth-order valence-electron chi connectivity index (χ4n) is 3.09. The van der Waals surface area contributed by atoms with E-state index in [0.717, 1.165) is 19.5 Å². The number of nitrogens with one attached hydrogen (secondary N) is 2. The lowest BCUT2D eigenvalue weighted by Crippen LogP contribution is -2.49. The van der Waals surface area contributed by atoms with Crippen molar-refractivity contribution >= 4 is 28.3 Å². The molecule has 2 saturated heterocycles. The monoisotopic (exact) mass is 359 g/mol. The van der Waals surface area contributed by atoms with Crippen LogP contribution in [-0.4, -0.2) is 50.3 Å². The summed E-state index contributed by atoms with van der Waals surface area (Å²) in [4.78, 5) is 12.7. The number of carbonyl (C=O) groups excluding carboxylic acids is 1. The molecule has 0 radical (unpaired) electrons. The van der Waals surface area contributed by atoms with Gasteiger partial charge in [-0.25, -0.2) is 8.42 Å². The van der Waals surface area contributed by atoms with Crippen LogP contribution in [0.5, 0.6) is 0 Å². The molecular formula is C15H22ClN3O3S. The Balaban J connectivity index is 0.00000192. The van der Waals surface area contributed by atoms with E-state index < -0.39 is 16.1 Å². The summed E-state index contributed by atoms with van der Waals surface area (Å²) in [6, 6.07) is 7.83. The Hall–Kier alpha value is -1.15. The third-order valence-corrected chi connectivity index (χ3v) is 6.19. The Morgan fingerprint density at radius 3 is 2.61 bits per heavy atom. The minimum absolute atomic E-state index is 0. The Morgan fingerprint density at radius 2 is 1.96 bits per heavy atom. The molecule has 0 spiro atoms. The fourth-order valence-corrected chi connectivity index (χ4v) is 4.77. The van der Waals surface area contributed by atoms with Gasteiger partial charge < -0.3 is 10.6 Å².